The molecule has 356 valence electrons. The highest BCUT2D eigenvalue weighted by Crippen LogP contribution is 2.26. The number of ether oxygens (including phenoxy) is 4. The van der Waals surface area contributed by atoms with Crippen molar-refractivity contribution in [2.24, 2.45) is 23.5 Å². The molecule has 4 amide bonds. The minimum absolute atomic E-state index is 0.00557. The lowest BCUT2D eigenvalue weighted by Crippen LogP contribution is -2.45. The summed E-state index contributed by atoms with van der Waals surface area (Å²) >= 11 is 0. The fourth-order valence-corrected chi connectivity index (χ4v) is 7.85. The van der Waals surface area contributed by atoms with E-state index in [1.165, 1.54) is 4.90 Å². The molecule has 6 atom stereocenters. The van der Waals surface area contributed by atoms with Crippen LogP contribution in [0.3, 0.4) is 0 Å². The van der Waals surface area contributed by atoms with Crippen LogP contribution >= 0.6 is 0 Å². The van der Waals surface area contributed by atoms with Crippen LogP contribution in [0.15, 0.2) is 60.7 Å². The summed E-state index contributed by atoms with van der Waals surface area (Å²) in [5, 5.41) is 9.09. The van der Waals surface area contributed by atoms with Gasteiger partial charge in [0, 0.05) is 63.3 Å². The third-order valence-corrected chi connectivity index (χ3v) is 10.9. The molecule has 0 radical (unpaired) electrons. The summed E-state index contributed by atoms with van der Waals surface area (Å²) in [6.07, 6.45) is 2.80. The third kappa shape index (κ3) is 17.6. The number of rotatable bonds is 18. The average Bonchev–Trinajstić information content (AvgIpc) is 3.90. The number of nitrogens with two attached hydrogens (primary N) is 1. The molecule has 3 heterocycles. The van der Waals surface area contributed by atoms with E-state index in [-0.39, 0.29) is 54.0 Å². The maximum absolute atomic E-state index is 12.4. The van der Waals surface area contributed by atoms with Crippen molar-refractivity contribution in [3.63, 3.8) is 0 Å². The molecular formula is C49H74N4O11. The number of benzene rings is 2. The minimum Gasteiger partial charge on any atom is -0.458 e. The van der Waals surface area contributed by atoms with Crippen molar-refractivity contribution in [2.75, 3.05) is 39.5 Å². The molecule has 0 aliphatic carbocycles. The smallest absolute Gasteiger partial charge is 0.329 e. The number of hydrogen-bond acceptors (Lipinski definition) is 11. The fourth-order valence-electron chi connectivity index (χ4n) is 7.85. The molecule has 0 spiro atoms. The first-order valence-electron chi connectivity index (χ1n) is 22.7. The first-order chi connectivity index (χ1) is 30.2. The molecule has 2 aromatic carbocycles. The molecule has 0 bridgehead atoms. The maximum Gasteiger partial charge on any atom is 0.329 e. The molecule has 15 nitrogen and oxygen atoms in total. The number of aliphatic hydroxyl groups is 1. The first-order valence-corrected chi connectivity index (χ1v) is 22.7. The maximum atomic E-state index is 12.4. The Kier molecular flexibility index (Phi) is 21.4. The van der Waals surface area contributed by atoms with E-state index >= 15 is 0 Å². The normalized spacial score (nSPS) is 20.2. The Labute approximate surface area is 380 Å². The molecule has 0 aromatic heterocycles. The van der Waals surface area contributed by atoms with Crippen molar-refractivity contribution in [3.8, 4) is 0 Å². The van der Waals surface area contributed by atoms with Crippen molar-refractivity contribution in [1.82, 2.24) is 14.7 Å². The zero-order valence-electron chi connectivity index (χ0n) is 39.6. The molecular weight excluding hydrogens is 821 g/mol. The zero-order chi connectivity index (χ0) is 47.6. The molecule has 3 fully saturated rings. The van der Waals surface area contributed by atoms with Gasteiger partial charge in [-0.1, -0.05) is 81.4 Å². The van der Waals surface area contributed by atoms with E-state index in [4.69, 9.17) is 29.8 Å². The van der Waals surface area contributed by atoms with Crippen LogP contribution in [0.4, 0.5) is 0 Å². The fraction of sp³-hybridized carbons (Fsp3) is 0.633. The van der Waals surface area contributed by atoms with Crippen LogP contribution in [0.2, 0.25) is 0 Å². The van der Waals surface area contributed by atoms with Crippen molar-refractivity contribution in [2.45, 2.75) is 143 Å². The summed E-state index contributed by atoms with van der Waals surface area (Å²) < 4.78 is 22.2. The van der Waals surface area contributed by atoms with Gasteiger partial charge in [-0.25, -0.2) is 9.59 Å². The molecule has 0 saturated carbocycles. The Morgan fingerprint density at radius 3 is 1.22 bits per heavy atom. The molecule has 3 N–H and O–H groups in total. The highest BCUT2D eigenvalue weighted by atomic mass is 16.6. The van der Waals surface area contributed by atoms with Gasteiger partial charge in [0.25, 0.3) is 0 Å². The van der Waals surface area contributed by atoms with Gasteiger partial charge in [-0.05, 0) is 71.9 Å². The van der Waals surface area contributed by atoms with Gasteiger partial charge in [0.2, 0.25) is 23.6 Å². The second-order valence-corrected chi connectivity index (χ2v) is 18.8. The van der Waals surface area contributed by atoms with Crippen LogP contribution in [0.25, 0.3) is 0 Å². The summed E-state index contributed by atoms with van der Waals surface area (Å²) in [5.41, 5.74) is 6.47. The number of hydrogen-bond donors (Lipinski definition) is 2. The monoisotopic (exact) mass is 895 g/mol. The van der Waals surface area contributed by atoms with Gasteiger partial charge in [-0.2, -0.15) is 0 Å². The number of aliphatic hydroxyl groups excluding tert-OH is 1. The highest BCUT2D eigenvalue weighted by Gasteiger charge is 2.40. The van der Waals surface area contributed by atoms with Crippen molar-refractivity contribution in [3.05, 3.63) is 71.8 Å². The van der Waals surface area contributed by atoms with Gasteiger partial charge in [0.15, 0.2) is 0 Å². The van der Waals surface area contributed by atoms with Crippen molar-refractivity contribution in [1.29, 1.82) is 0 Å². The lowest BCUT2D eigenvalue weighted by Gasteiger charge is -2.29. The van der Waals surface area contributed by atoms with E-state index in [1.54, 1.807) is 30.6 Å². The summed E-state index contributed by atoms with van der Waals surface area (Å²) in [6, 6.07) is 18.3. The second kappa shape index (κ2) is 25.6. The van der Waals surface area contributed by atoms with E-state index < -0.39 is 35.2 Å². The van der Waals surface area contributed by atoms with E-state index in [2.05, 4.69) is 0 Å². The molecule has 5 rings (SSSR count). The van der Waals surface area contributed by atoms with Crippen LogP contribution in [0.1, 0.15) is 112 Å². The number of esters is 2. The predicted molar refractivity (Wildman–Crippen MR) is 242 cm³/mol. The zero-order valence-corrected chi connectivity index (χ0v) is 39.6. The number of primary amides is 1. The number of amides is 4. The standard InChI is InChI=1S/C20H29NO4.C16H22N2O3.C13H23NO4/c1-5-17(19(23)25-20(2,3)4)21-12-16(11-18(21)22)14-24-13-15-9-7-6-8-10-15;1-2-14(16(17)20)18-9-13(8-15(18)19)11-21-10-12-6-4-3-5-7-12;1-5-10(12(17)18-13(2,3)4)14-7-9(8-15)6-11(14)16/h6-10,16-17H,5,11-14H2,1-4H3;3-7,13-14H,2,8-11H2,1H3,(H2,17,20);9-10,15H,5-8H2,1-4H3/t16?,17-;13?,14-;9?,10-/m000/s1. The van der Waals surface area contributed by atoms with Crippen LogP contribution in [-0.4, -0.2) is 124 Å². The molecule has 3 aliphatic heterocycles. The predicted octanol–water partition coefficient (Wildman–Crippen LogP) is 5.44. The quantitative estimate of drug-likeness (QED) is 0.181. The SMILES string of the molecule is CC[C@@H](C(=O)OC(C)(C)C)N1CC(CO)CC1=O.CC[C@@H](C(=O)OC(C)(C)C)N1CC(COCc2ccccc2)CC1=O.CC[C@@H](C(N)=O)N1CC(COCc2ccccc2)CC1=O. The number of nitrogens with zero attached hydrogens (tertiary/aromatic N) is 3. The van der Waals surface area contributed by atoms with E-state index in [1.807, 2.05) is 102 Å². The van der Waals surface area contributed by atoms with Crippen LogP contribution < -0.4 is 5.73 Å². The van der Waals surface area contributed by atoms with Crippen LogP contribution in [0.5, 0.6) is 0 Å². The molecule has 3 unspecified atom stereocenters. The topological polar surface area (TPSA) is 195 Å². The molecule has 64 heavy (non-hydrogen) atoms. The Bertz CT molecular complexity index is 1800. The summed E-state index contributed by atoms with van der Waals surface area (Å²) in [5.74, 6) is -1.01. The lowest BCUT2D eigenvalue weighted by atomic mass is 10.1. The van der Waals surface area contributed by atoms with Gasteiger partial charge in [0.05, 0.1) is 26.4 Å². The summed E-state index contributed by atoms with van der Waals surface area (Å²) in [4.78, 5) is 76.7. The van der Waals surface area contributed by atoms with Gasteiger partial charge in [-0.3, -0.25) is 19.2 Å². The van der Waals surface area contributed by atoms with Crippen LogP contribution in [0, 0.1) is 17.8 Å². The number of carbonyl (C=O) groups is 6. The van der Waals surface area contributed by atoms with Crippen LogP contribution in [-0.2, 0) is 60.9 Å². The van der Waals surface area contributed by atoms with E-state index in [0.29, 0.717) is 84.6 Å². The molecule has 3 saturated heterocycles. The Morgan fingerprint density at radius 2 is 0.922 bits per heavy atom. The van der Waals surface area contributed by atoms with Crippen molar-refractivity contribution < 1.29 is 52.8 Å². The molecule has 15 heteroatoms. The first kappa shape index (κ1) is 53.5. The largest absolute Gasteiger partial charge is 0.458 e. The van der Waals surface area contributed by atoms with E-state index in [9.17, 15) is 28.8 Å². The minimum atomic E-state index is -0.552. The Morgan fingerprint density at radius 1 is 0.594 bits per heavy atom. The molecule has 2 aromatic rings. The van der Waals surface area contributed by atoms with Gasteiger partial charge < -0.3 is 44.5 Å². The second-order valence-electron chi connectivity index (χ2n) is 18.8. The Hall–Kier alpha value is -4.86. The number of likely N-dealkylation sites (tertiary alicyclic amines) is 3. The summed E-state index contributed by atoms with van der Waals surface area (Å²) in [7, 11) is 0. The van der Waals surface area contributed by atoms with Gasteiger partial charge >= 0.3 is 11.9 Å². The van der Waals surface area contributed by atoms with Gasteiger partial charge in [-0.15, -0.1) is 0 Å². The van der Waals surface area contributed by atoms with Crippen molar-refractivity contribution >= 4 is 35.6 Å². The average molecular weight is 895 g/mol. The van der Waals surface area contributed by atoms with E-state index in [0.717, 1.165) is 11.1 Å². The lowest BCUT2D eigenvalue weighted by molar-refractivity contribution is -0.164. The third-order valence-electron chi connectivity index (χ3n) is 10.9. The van der Waals surface area contributed by atoms with Gasteiger partial charge in [0.1, 0.15) is 29.3 Å². The highest BCUT2D eigenvalue weighted by molar-refractivity contribution is 5.88. The summed E-state index contributed by atoms with van der Waals surface area (Å²) in [6.45, 7) is 20.2. The number of carbonyl (C=O) groups excluding carboxylic acids is 6. The Balaban J connectivity index is 0.000000259. The molecule has 3 aliphatic rings.